The quantitative estimate of drug-likeness (QED) is 0.906. The molecule has 21 heavy (non-hydrogen) atoms. The number of carbonyl (C=O) groups excluding carboxylic acids is 1. The summed E-state index contributed by atoms with van der Waals surface area (Å²) in [6.45, 7) is 5.83. The number of hydrogen-bond acceptors (Lipinski definition) is 5. The van der Waals surface area contributed by atoms with Crippen LogP contribution >= 0.6 is 0 Å². The number of hydrogen-bond donors (Lipinski definition) is 2. The van der Waals surface area contributed by atoms with Gasteiger partial charge in [-0.3, -0.25) is 0 Å². The molecule has 1 amide bonds. The smallest absolute Gasteiger partial charge is 0.407 e. The second-order valence-corrected chi connectivity index (χ2v) is 5.66. The first-order valence-electron chi connectivity index (χ1n) is 6.61. The van der Waals surface area contributed by atoms with Crippen molar-refractivity contribution in [1.82, 2.24) is 10.5 Å². The molecule has 0 saturated heterocycles. The Balaban J connectivity index is 2.02. The third-order valence-corrected chi connectivity index (χ3v) is 2.67. The summed E-state index contributed by atoms with van der Waals surface area (Å²) in [6, 6.07) is 7.61. The van der Waals surface area contributed by atoms with E-state index in [1.807, 2.05) is 45.0 Å². The first-order chi connectivity index (χ1) is 9.85. The zero-order valence-corrected chi connectivity index (χ0v) is 12.3. The van der Waals surface area contributed by atoms with E-state index in [2.05, 4.69) is 10.5 Å². The van der Waals surface area contributed by atoms with Gasteiger partial charge in [0.25, 0.3) is 0 Å². The summed E-state index contributed by atoms with van der Waals surface area (Å²) in [6.07, 6.45) is 1.12. The first kappa shape index (κ1) is 14.9. The predicted octanol–water partition coefficient (Wildman–Crippen LogP) is 2.95. The Morgan fingerprint density at radius 2 is 2.19 bits per heavy atom. The lowest BCUT2D eigenvalue weighted by Crippen LogP contribution is -2.32. The average Bonchev–Trinajstić information content (AvgIpc) is 2.81. The summed E-state index contributed by atoms with van der Waals surface area (Å²) in [5, 5.41) is 6.36. The molecule has 0 bridgehead atoms. The Bertz CT molecular complexity index is 629. The van der Waals surface area contributed by atoms with Gasteiger partial charge in [0.15, 0.2) is 0 Å². The number of nitrogens with zero attached hydrogens (tertiary/aromatic N) is 1. The van der Waals surface area contributed by atoms with Crippen LogP contribution in [0.2, 0.25) is 0 Å². The fourth-order valence-corrected chi connectivity index (χ4v) is 1.80. The summed E-state index contributed by atoms with van der Waals surface area (Å²) in [5.74, 6) is 0.271. The molecule has 6 heteroatoms. The van der Waals surface area contributed by atoms with Crippen LogP contribution in [0.3, 0.4) is 0 Å². The molecular weight excluding hydrogens is 270 g/mol. The lowest BCUT2D eigenvalue weighted by molar-refractivity contribution is 0.0523. The van der Waals surface area contributed by atoms with Crippen LogP contribution in [0.15, 0.2) is 35.0 Å². The van der Waals surface area contributed by atoms with Crippen molar-refractivity contribution in [3.63, 3.8) is 0 Å². The molecule has 0 unspecified atom stereocenters. The number of alkyl carbamates (subject to hydrolysis) is 1. The molecule has 1 aromatic carbocycles. The molecule has 3 N–H and O–H groups in total. The summed E-state index contributed by atoms with van der Waals surface area (Å²) in [7, 11) is 0. The van der Waals surface area contributed by atoms with E-state index in [1.165, 1.54) is 0 Å². The van der Waals surface area contributed by atoms with Crippen molar-refractivity contribution in [1.29, 1.82) is 0 Å². The average molecular weight is 289 g/mol. The van der Waals surface area contributed by atoms with Crippen LogP contribution in [0.25, 0.3) is 11.1 Å². The van der Waals surface area contributed by atoms with Gasteiger partial charge >= 0.3 is 6.09 Å². The van der Waals surface area contributed by atoms with Crippen LogP contribution in [-0.4, -0.2) is 16.9 Å². The Hall–Kier alpha value is -2.50. The molecule has 1 aromatic heterocycles. The lowest BCUT2D eigenvalue weighted by Gasteiger charge is -2.19. The van der Waals surface area contributed by atoms with Crippen LogP contribution in [0.4, 0.5) is 10.7 Å². The van der Waals surface area contributed by atoms with Crippen molar-refractivity contribution < 1.29 is 14.1 Å². The number of nitrogen functional groups attached to an aromatic ring is 1. The highest BCUT2D eigenvalue weighted by molar-refractivity contribution is 5.72. The fraction of sp³-hybridized carbons (Fsp3) is 0.333. The summed E-state index contributed by atoms with van der Waals surface area (Å²) >= 11 is 0. The topological polar surface area (TPSA) is 90.4 Å². The van der Waals surface area contributed by atoms with E-state index in [9.17, 15) is 4.79 Å². The van der Waals surface area contributed by atoms with Gasteiger partial charge in [-0.25, -0.2) is 4.79 Å². The van der Waals surface area contributed by atoms with Gasteiger partial charge in [-0.15, -0.1) is 0 Å². The maximum absolute atomic E-state index is 11.6. The number of amides is 1. The van der Waals surface area contributed by atoms with E-state index < -0.39 is 11.7 Å². The zero-order valence-electron chi connectivity index (χ0n) is 12.3. The number of anilines is 1. The largest absolute Gasteiger partial charge is 0.444 e. The first-order valence-corrected chi connectivity index (χ1v) is 6.61. The number of rotatable bonds is 3. The van der Waals surface area contributed by atoms with Crippen LogP contribution in [0, 0.1) is 0 Å². The van der Waals surface area contributed by atoms with Gasteiger partial charge in [0, 0.05) is 6.54 Å². The Morgan fingerprint density at radius 3 is 2.81 bits per heavy atom. The second kappa shape index (κ2) is 5.87. The van der Waals surface area contributed by atoms with Crippen molar-refractivity contribution in [2.45, 2.75) is 32.9 Å². The van der Waals surface area contributed by atoms with Crippen LogP contribution < -0.4 is 11.1 Å². The molecule has 0 spiro atoms. The number of ether oxygens (including phenoxy) is 1. The highest BCUT2D eigenvalue weighted by Crippen LogP contribution is 2.25. The molecule has 0 aliphatic heterocycles. The minimum Gasteiger partial charge on any atom is -0.444 e. The Kier molecular flexibility index (Phi) is 4.16. The molecule has 0 saturated carbocycles. The van der Waals surface area contributed by atoms with E-state index in [4.69, 9.17) is 15.0 Å². The minimum absolute atomic E-state index is 0.271. The molecule has 0 aliphatic carbocycles. The maximum Gasteiger partial charge on any atom is 0.407 e. The van der Waals surface area contributed by atoms with Gasteiger partial charge in [0.05, 0.1) is 11.8 Å². The number of benzene rings is 1. The predicted molar refractivity (Wildman–Crippen MR) is 79.4 cm³/mol. The zero-order chi connectivity index (χ0) is 15.5. The SMILES string of the molecule is CC(C)(C)OC(=O)NCc1cccc(-c2cnoc2N)c1. The Labute approximate surface area is 123 Å². The van der Waals surface area contributed by atoms with Gasteiger partial charge in [-0.05, 0) is 38.0 Å². The lowest BCUT2D eigenvalue weighted by atomic mass is 10.1. The molecule has 6 nitrogen and oxygen atoms in total. The van der Waals surface area contributed by atoms with Crippen molar-refractivity contribution in [2.75, 3.05) is 5.73 Å². The van der Waals surface area contributed by atoms with Gasteiger partial charge in [-0.1, -0.05) is 23.4 Å². The summed E-state index contributed by atoms with van der Waals surface area (Å²) in [4.78, 5) is 11.6. The number of nitrogens with one attached hydrogen (secondary N) is 1. The van der Waals surface area contributed by atoms with E-state index >= 15 is 0 Å². The molecule has 0 aliphatic rings. The normalized spacial score (nSPS) is 11.2. The van der Waals surface area contributed by atoms with Crippen LogP contribution in [0.5, 0.6) is 0 Å². The van der Waals surface area contributed by atoms with E-state index in [0.29, 0.717) is 6.54 Å². The van der Waals surface area contributed by atoms with Crippen molar-refractivity contribution >= 4 is 12.0 Å². The fourth-order valence-electron chi connectivity index (χ4n) is 1.80. The molecule has 2 rings (SSSR count). The standard InChI is InChI=1S/C15H19N3O3/c1-15(2,3)20-14(19)17-8-10-5-4-6-11(7-10)12-9-18-21-13(12)16/h4-7,9H,8,16H2,1-3H3,(H,17,19). The van der Waals surface area contributed by atoms with Crippen LogP contribution in [-0.2, 0) is 11.3 Å². The van der Waals surface area contributed by atoms with Gasteiger partial charge in [0.2, 0.25) is 5.88 Å². The van der Waals surface area contributed by atoms with Gasteiger partial charge in [0.1, 0.15) is 5.60 Å². The van der Waals surface area contributed by atoms with Crippen LogP contribution in [0.1, 0.15) is 26.3 Å². The molecule has 2 aromatic rings. The monoisotopic (exact) mass is 289 g/mol. The van der Waals surface area contributed by atoms with E-state index in [1.54, 1.807) is 6.20 Å². The molecule has 0 fully saturated rings. The molecule has 112 valence electrons. The number of aromatic nitrogens is 1. The highest BCUT2D eigenvalue weighted by atomic mass is 16.6. The van der Waals surface area contributed by atoms with E-state index in [0.717, 1.165) is 16.7 Å². The Morgan fingerprint density at radius 1 is 1.43 bits per heavy atom. The van der Waals surface area contributed by atoms with Crippen molar-refractivity contribution in [2.24, 2.45) is 0 Å². The third kappa shape index (κ3) is 4.24. The molecular formula is C15H19N3O3. The van der Waals surface area contributed by atoms with Crippen molar-refractivity contribution in [3.05, 3.63) is 36.0 Å². The summed E-state index contributed by atoms with van der Waals surface area (Å²) in [5.41, 5.74) is 7.73. The number of nitrogens with two attached hydrogens (primary N) is 1. The third-order valence-electron chi connectivity index (χ3n) is 2.67. The van der Waals surface area contributed by atoms with Gasteiger partial charge < -0.3 is 20.3 Å². The molecule has 0 atom stereocenters. The van der Waals surface area contributed by atoms with Crippen molar-refractivity contribution in [3.8, 4) is 11.1 Å². The number of carbonyl (C=O) groups is 1. The minimum atomic E-state index is -0.511. The maximum atomic E-state index is 11.6. The molecule has 0 radical (unpaired) electrons. The van der Waals surface area contributed by atoms with Gasteiger partial charge in [-0.2, -0.15) is 0 Å². The molecule has 1 heterocycles. The highest BCUT2D eigenvalue weighted by Gasteiger charge is 2.15. The van der Waals surface area contributed by atoms with E-state index in [-0.39, 0.29) is 5.88 Å². The summed E-state index contributed by atoms with van der Waals surface area (Å²) < 4.78 is 10.0. The second-order valence-electron chi connectivity index (χ2n) is 5.66.